The average Bonchev–Trinajstić information content (AvgIpc) is 2.46. The molecule has 19 heavy (non-hydrogen) atoms. The van der Waals surface area contributed by atoms with Crippen LogP contribution in [0.5, 0.6) is 0 Å². The molecule has 5 nitrogen and oxygen atoms in total. The van der Waals surface area contributed by atoms with Crippen molar-refractivity contribution >= 4 is 5.95 Å². The Balaban J connectivity index is 1.99. The highest BCUT2D eigenvalue weighted by Crippen LogP contribution is 2.18. The second-order valence-corrected chi connectivity index (χ2v) is 4.98. The van der Waals surface area contributed by atoms with Crippen LogP contribution in [-0.2, 0) is 11.3 Å². The molecule has 1 aliphatic heterocycles. The van der Waals surface area contributed by atoms with Gasteiger partial charge in [0.2, 0.25) is 5.95 Å². The Hall–Kier alpha value is -1.20. The molecule has 0 bridgehead atoms. The van der Waals surface area contributed by atoms with Gasteiger partial charge < -0.3 is 15.0 Å². The number of hydrogen-bond acceptors (Lipinski definition) is 5. The van der Waals surface area contributed by atoms with Crippen LogP contribution in [0.25, 0.3) is 0 Å². The summed E-state index contributed by atoms with van der Waals surface area (Å²) >= 11 is 0. The van der Waals surface area contributed by atoms with Gasteiger partial charge in [0.1, 0.15) is 0 Å². The van der Waals surface area contributed by atoms with Crippen LogP contribution in [0.1, 0.15) is 31.0 Å². The van der Waals surface area contributed by atoms with Gasteiger partial charge >= 0.3 is 0 Å². The predicted octanol–water partition coefficient (Wildman–Crippen LogP) is 1.51. The maximum absolute atomic E-state index is 5.39. The van der Waals surface area contributed by atoms with E-state index in [1.54, 1.807) is 7.11 Å². The summed E-state index contributed by atoms with van der Waals surface area (Å²) in [4.78, 5) is 11.4. The number of nitrogens with zero attached hydrogens (tertiary/aromatic N) is 3. The van der Waals surface area contributed by atoms with Crippen molar-refractivity contribution in [1.82, 2.24) is 15.3 Å². The summed E-state index contributed by atoms with van der Waals surface area (Å²) in [5.74, 6) is 0.854. The lowest BCUT2D eigenvalue weighted by Gasteiger charge is -2.31. The van der Waals surface area contributed by atoms with E-state index >= 15 is 0 Å². The van der Waals surface area contributed by atoms with Crippen molar-refractivity contribution in [3.05, 3.63) is 17.5 Å². The van der Waals surface area contributed by atoms with E-state index in [-0.39, 0.29) is 0 Å². The summed E-state index contributed by atoms with van der Waals surface area (Å²) in [6.45, 7) is 7.92. The maximum atomic E-state index is 5.39. The van der Waals surface area contributed by atoms with Crippen LogP contribution in [0, 0.1) is 6.92 Å². The van der Waals surface area contributed by atoms with Crippen molar-refractivity contribution < 1.29 is 4.74 Å². The molecule has 1 aromatic rings. The number of hydrogen-bond donors (Lipinski definition) is 1. The van der Waals surface area contributed by atoms with E-state index in [0.717, 1.165) is 50.7 Å². The van der Waals surface area contributed by atoms with E-state index < -0.39 is 0 Å². The van der Waals surface area contributed by atoms with Crippen LogP contribution < -0.4 is 10.2 Å². The van der Waals surface area contributed by atoms with Crippen molar-refractivity contribution in [2.24, 2.45) is 0 Å². The molecule has 1 fully saturated rings. The average molecular weight is 264 g/mol. The van der Waals surface area contributed by atoms with Gasteiger partial charge in [-0.05, 0) is 26.3 Å². The third-order valence-corrected chi connectivity index (χ3v) is 3.69. The monoisotopic (exact) mass is 264 g/mol. The molecule has 1 N–H and O–H groups in total. The fourth-order valence-electron chi connectivity index (χ4n) is 2.36. The van der Waals surface area contributed by atoms with Gasteiger partial charge in [0.25, 0.3) is 0 Å². The molecule has 0 saturated carbocycles. The number of aromatic nitrogens is 2. The van der Waals surface area contributed by atoms with E-state index in [9.17, 15) is 0 Å². The van der Waals surface area contributed by atoms with Crippen LogP contribution in [0.15, 0.2) is 6.20 Å². The van der Waals surface area contributed by atoms with Crippen molar-refractivity contribution in [2.45, 2.75) is 39.3 Å². The summed E-state index contributed by atoms with van der Waals surface area (Å²) in [5, 5.41) is 3.31. The Morgan fingerprint density at radius 1 is 1.42 bits per heavy atom. The summed E-state index contributed by atoms with van der Waals surface area (Å²) in [5.41, 5.74) is 2.25. The van der Waals surface area contributed by atoms with Gasteiger partial charge in [0.05, 0.1) is 6.10 Å². The zero-order valence-corrected chi connectivity index (χ0v) is 12.1. The van der Waals surface area contributed by atoms with E-state index in [1.165, 1.54) is 5.56 Å². The Morgan fingerprint density at radius 2 is 2.16 bits per heavy atom. The van der Waals surface area contributed by atoms with Crippen molar-refractivity contribution in [1.29, 1.82) is 0 Å². The van der Waals surface area contributed by atoms with Crippen LogP contribution in [0.4, 0.5) is 5.95 Å². The second kappa shape index (κ2) is 6.82. The summed E-state index contributed by atoms with van der Waals surface area (Å²) in [6.07, 6.45) is 4.45. The molecule has 1 aromatic heterocycles. The zero-order valence-electron chi connectivity index (χ0n) is 12.1. The number of rotatable bonds is 5. The Bertz CT molecular complexity index is 402. The Kier molecular flexibility index (Phi) is 5.10. The van der Waals surface area contributed by atoms with Crippen LogP contribution in [0.2, 0.25) is 0 Å². The van der Waals surface area contributed by atoms with E-state index in [2.05, 4.69) is 34.0 Å². The maximum Gasteiger partial charge on any atom is 0.225 e. The van der Waals surface area contributed by atoms with Gasteiger partial charge in [-0.1, -0.05) is 6.92 Å². The number of aryl methyl sites for hydroxylation is 1. The molecule has 0 unspecified atom stereocenters. The van der Waals surface area contributed by atoms with Gasteiger partial charge in [-0.15, -0.1) is 0 Å². The lowest BCUT2D eigenvalue weighted by Crippen LogP contribution is -2.37. The first-order chi connectivity index (χ1) is 9.24. The van der Waals surface area contributed by atoms with Crippen LogP contribution in [0.3, 0.4) is 0 Å². The first-order valence-corrected chi connectivity index (χ1v) is 7.05. The fraction of sp³-hybridized carbons (Fsp3) is 0.714. The second-order valence-electron chi connectivity index (χ2n) is 4.98. The highest BCUT2D eigenvalue weighted by Gasteiger charge is 2.20. The van der Waals surface area contributed by atoms with Gasteiger partial charge in [0, 0.05) is 44.2 Å². The topological polar surface area (TPSA) is 50.3 Å². The van der Waals surface area contributed by atoms with Gasteiger partial charge in [-0.2, -0.15) is 0 Å². The molecule has 1 saturated heterocycles. The Morgan fingerprint density at radius 3 is 2.74 bits per heavy atom. The number of piperidine rings is 1. The molecule has 2 heterocycles. The van der Waals surface area contributed by atoms with Crippen molar-refractivity contribution in [3.8, 4) is 0 Å². The van der Waals surface area contributed by atoms with Gasteiger partial charge in [-0.25, -0.2) is 9.97 Å². The summed E-state index contributed by atoms with van der Waals surface area (Å²) in [6, 6.07) is 0. The SMILES string of the molecule is CCNCc1cnc(N2CCC(OC)CC2)nc1C. The number of methoxy groups -OCH3 is 1. The molecule has 2 rings (SSSR count). The van der Waals surface area contributed by atoms with Crippen molar-refractivity contribution in [3.63, 3.8) is 0 Å². The Labute approximate surface area is 115 Å². The largest absolute Gasteiger partial charge is 0.381 e. The first-order valence-electron chi connectivity index (χ1n) is 7.05. The molecule has 0 atom stereocenters. The smallest absolute Gasteiger partial charge is 0.225 e. The molecule has 0 spiro atoms. The van der Waals surface area contributed by atoms with Crippen molar-refractivity contribution in [2.75, 3.05) is 31.6 Å². The third-order valence-electron chi connectivity index (χ3n) is 3.69. The quantitative estimate of drug-likeness (QED) is 0.873. The minimum Gasteiger partial charge on any atom is -0.381 e. The number of ether oxygens (including phenoxy) is 1. The number of nitrogens with one attached hydrogen (secondary N) is 1. The molecular weight excluding hydrogens is 240 g/mol. The molecular formula is C14H24N4O. The van der Waals surface area contributed by atoms with E-state index in [4.69, 9.17) is 4.74 Å². The predicted molar refractivity (Wildman–Crippen MR) is 76.4 cm³/mol. The summed E-state index contributed by atoms with van der Waals surface area (Å²) < 4.78 is 5.39. The summed E-state index contributed by atoms with van der Waals surface area (Å²) in [7, 11) is 1.79. The first kappa shape index (κ1) is 14.2. The van der Waals surface area contributed by atoms with Crippen LogP contribution in [-0.4, -0.2) is 42.8 Å². The third kappa shape index (κ3) is 3.64. The lowest BCUT2D eigenvalue weighted by molar-refractivity contribution is 0.0816. The zero-order chi connectivity index (χ0) is 13.7. The molecule has 1 aliphatic rings. The highest BCUT2D eigenvalue weighted by atomic mass is 16.5. The van der Waals surface area contributed by atoms with Crippen LogP contribution >= 0.6 is 0 Å². The number of anilines is 1. The molecule has 0 radical (unpaired) electrons. The molecule has 0 aliphatic carbocycles. The fourth-order valence-corrected chi connectivity index (χ4v) is 2.36. The standard InChI is InChI=1S/C14H24N4O/c1-4-15-9-12-10-16-14(17-11(12)2)18-7-5-13(19-3)6-8-18/h10,13,15H,4-9H2,1-3H3. The minimum absolute atomic E-state index is 0.394. The van der Waals surface area contributed by atoms with Gasteiger partial charge in [0.15, 0.2) is 0 Å². The molecule has 0 amide bonds. The normalized spacial score (nSPS) is 16.9. The molecule has 106 valence electrons. The molecule has 5 heteroatoms. The molecule has 0 aromatic carbocycles. The highest BCUT2D eigenvalue weighted by molar-refractivity contribution is 5.33. The van der Waals surface area contributed by atoms with Gasteiger partial charge in [-0.3, -0.25) is 0 Å². The lowest BCUT2D eigenvalue weighted by atomic mass is 10.1. The minimum atomic E-state index is 0.394. The van der Waals surface area contributed by atoms with E-state index in [0.29, 0.717) is 6.10 Å². The van der Waals surface area contributed by atoms with E-state index in [1.807, 2.05) is 6.20 Å².